The lowest BCUT2D eigenvalue weighted by Gasteiger charge is -2.34. The largest absolute Gasteiger partial charge is 0.444 e. The number of amides is 7. The first kappa shape index (κ1) is 75.3. The predicted octanol–water partition coefficient (Wildman–Crippen LogP) is 9.30. The number of piperazine rings is 1. The summed E-state index contributed by atoms with van der Waals surface area (Å²) >= 11 is 0. The lowest BCUT2D eigenvalue weighted by molar-refractivity contribution is -0.129. The molecule has 0 aliphatic carbocycles. The van der Waals surface area contributed by atoms with Gasteiger partial charge < -0.3 is 66.5 Å². The molecule has 3 atom stereocenters. The topological polar surface area (TPSA) is 250 Å². The van der Waals surface area contributed by atoms with E-state index in [1.165, 1.54) is 44.9 Å². The molecule has 1 aliphatic rings. The minimum absolute atomic E-state index is 0.131. The van der Waals surface area contributed by atoms with Gasteiger partial charge in [-0.25, -0.2) is 14.4 Å². The number of hydrogen-bond acceptors (Lipinski definition) is 13. The van der Waals surface area contributed by atoms with Crippen LogP contribution < -0.4 is 42.5 Å². The molecule has 0 aromatic heterocycles. The van der Waals surface area contributed by atoms with Crippen molar-refractivity contribution in [3.8, 4) is 0 Å². The second-order valence-electron chi connectivity index (χ2n) is 25.1. The van der Waals surface area contributed by atoms with E-state index in [2.05, 4.69) is 71.4 Å². The highest BCUT2D eigenvalue weighted by Gasteiger charge is 2.27. The van der Waals surface area contributed by atoms with Gasteiger partial charge in [0.15, 0.2) is 0 Å². The molecule has 0 bridgehead atoms. The molecule has 20 heteroatoms. The average Bonchev–Trinajstić information content (AvgIpc) is 3.38. The third-order valence-corrected chi connectivity index (χ3v) is 13.7. The third-order valence-electron chi connectivity index (χ3n) is 13.7. The quantitative estimate of drug-likeness (QED) is 0.0161. The van der Waals surface area contributed by atoms with Crippen molar-refractivity contribution < 1.29 is 47.8 Å². The Morgan fingerprint density at radius 3 is 1.18 bits per heavy atom. The fourth-order valence-corrected chi connectivity index (χ4v) is 9.28. The van der Waals surface area contributed by atoms with Crippen LogP contribution in [0.5, 0.6) is 0 Å². The molecule has 0 saturated carbocycles. The van der Waals surface area contributed by atoms with Gasteiger partial charge in [0, 0.05) is 58.8 Å². The van der Waals surface area contributed by atoms with Crippen molar-refractivity contribution in [1.82, 2.24) is 52.3 Å². The van der Waals surface area contributed by atoms with Crippen LogP contribution in [-0.2, 0) is 33.4 Å². The van der Waals surface area contributed by atoms with E-state index < -0.39 is 65.0 Å². The molecular weight excluding hydrogens is 1040 g/mol. The number of alkyl carbamates (subject to hydrolysis) is 3. The van der Waals surface area contributed by atoms with Gasteiger partial charge in [-0.3, -0.25) is 19.2 Å². The number of hydrogen-bond donors (Lipinski definition) is 8. The van der Waals surface area contributed by atoms with Crippen LogP contribution in [0.25, 0.3) is 0 Å². The maximum Gasteiger partial charge on any atom is 0.408 e. The van der Waals surface area contributed by atoms with E-state index in [1.807, 2.05) is 7.05 Å². The molecule has 7 amide bonds. The molecular formula is C62H118N10O10. The highest BCUT2D eigenvalue weighted by Crippen LogP contribution is 2.14. The smallest absolute Gasteiger partial charge is 0.408 e. The van der Waals surface area contributed by atoms with Crippen molar-refractivity contribution in [2.45, 2.75) is 265 Å². The first-order chi connectivity index (χ1) is 38.9. The van der Waals surface area contributed by atoms with Crippen molar-refractivity contribution >= 4 is 41.9 Å². The normalized spacial score (nSPS) is 14.5. The van der Waals surface area contributed by atoms with Crippen LogP contribution in [0.1, 0.15) is 230 Å². The number of allylic oxidation sites excluding steroid dienone is 2. The Hall–Kier alpha value is -4.69. The van der Waals surface area contributed by atoms with Crippen LogP contribution in [0, 0.1) is 0 Å². The van der Waals surface area contributed by atoms with Gasteiger partial charge in [0.25, 0.3) is 0 Å². The molecule has 8 N–H and O–H groups in total. The Labute approximate surface area is 496 Å². The SMILES string of the molecule is CCCCCCCCC=CCCCCCCCC(=O)NC(CCCCNC(=O)C(CCCCNC(=O)C(CCCCNC(=O)OC(C)(C)C)NC(=O)OC(C)(C)C)NC(=O)OC(C)(C)C)C(=O)NCCCN1CCN(CCCNC)CC1. The summed E-state index contributed by atoms with van der Waals surface area (Å²) in [5.41, 5.74) is -2.20. The third kappa shape index (κ3) is 43.9. The Balaban J connectivity index is 2.80. The first-order valence-electron chi connectivity index (χ1n) is 31.7. The van der Waals surface area contributed by atoms with Crippen LogP contribution in [0.4, 0.5) is 14.4 Å². The van der Waals surface area contributed by atoms with E-state index >= 15 is 0 Å². The maximum absolute atomic E-state index is 13.7. The zero-order valence-corrected chi connectivity index (χ0v) is 53.3. The van der Waals surface area contributed by atoms with Crippen LogP contribution in [0.2, 0.25) is 0 Å². The van der Waals surface area contributed by atoms with Crippen molar-refractivity contribution in [3.63, 3.8) is 0 Å². The maximum atomic E-state index is 13.7. The van der Waals surface area contributed by atoms with Crippen LogP contribution in [0.3, 0.4) is 0 Å². The molecule has 0 radical (unpaired) electrons. The molecule has 20 nitrogen and oxygen atoms in total. The molecule has 82 heavy (non-hydrogen) atoms. The summed E-state index contributed by atoms with van der Waals surface area (Å²) in [6, 6.07) is -2.53. The highest BCUT2D eigenvalue weighted by atomic mass is 16.6. The van der Waals surface area contributed by atoms with Crippen molar-refractivity contribution in [3.05, 3.63) is 12.2 Å². The molecule has 1 aliphatic heterocycles. The van der Waals surface area contributed by atoms with Gasteiger partial charge in [0.2, 0.25) is 23.6 Å². The van der Waals surface area contributed by atoms with Crippen molar-refractivity contribution in [2.24, 2.45) is 0 Å². The molecule has 0 spiro atoms. The lowest BCUT2D eigenvalue weighted by Crippen LogP contribution is -2.49. The van der Waals surface area contributed by atoms with Crippen LogP contribution >= 0.6 is 0 Å². The van der Waals surface area contributed by atoms with E-state index in [9.17, 15) is 33.6 Å². The minimum atomic E-state index is -0.928. The fourth-order valence-electron chi connectivity index (χ4n) is 9.28. The molecule has 1 heterocycles. The standard InChI is InChI=1S/C62H118N10O10/c1-12-13-14-15-16-17-18-19-20-21-22-23-24-25-26-38-53(73)68-50(54(74)66-43-34-45-72-48-46-71(47-49-72)44-33-39-63-11)35-27-30-40-64-55(75)51(69-58(78)81-61(5,6)7)36-28-31-41-65-56(76)52(70-59(79)82-62(8,9)10)37-29-32-42-67-57(77)80-60(2,3)4/h19-20,50-52,63H,12-18,21-49H2,1-11H3,(H,64,75)(H,65,76)(H,66,74)(H,67,77)(H,68,73)(H,69,78)(H,70,79). The van der Waals surface area contributed by atoms with Gasteiger partial charge in [-0.2, -0.15) is 0 Å². The van der Waals surface area contributed by atoms with Gasteiger partial charge in [0.1, 0.15) is 34.9 Å². The van der Waals surface area contributed by atoms with Gasteiger partial charge in [-0.1, -0.05) is 70.4 Å². The molecule has 1 rings (SSSR count). The number of rotatable bonds is 44. The molecule has 476 valence electrons. The first-order valence-corrected chi connectivity index (χ1v) is 31.7. The summed E-state index contributed by atoms with van der Waals surface area (Å²) in [7, 11) is 1.98. The Kier molecular flexibility index (Phi) is 41.1. The van der Waals surface area contributed by atoms with Crippen LogP contribution in [-0.4, -0.2) is 166 Å². The van der Waals surface area contributed by atoms with E-state index in [1.54, 1.807) is 62.3 Å². The van der Waals surface area contributed by atoms with E-state index in [0.717, 1.165) is 97.2 Å². The zero-order valence-electron chi connectivity index (χ0n) is 53.3. The lowest BCUT2D eigenvalue weighted by atomic mass is 10.1. The minimum Gasteiger partial charge on any atom is -0.444 e. The summed E-state index contributed by atoms with van der Waals surface area (Å²) < 4.78 is 16.2. The molecule has 0 aromatic carbocycles. The number of nitrogens with zero attached hydrogens (tertiary/aromatic N) is 2. The number of carbonyl (C=O) groups excluding carboxylic acids is 7. The zero-order chi connectivity index (χ0) is 61.1. The Bertz CT molecular complexity index is 1790. The summed E-state index contributed by atoms with van der Waals surface area (Å²) in [5, 5.41) is 23.3. The van der Waals surface area contributed by atoms with E-state index in [4.69, 9.17) is 14.2 Å². The van der Waals surface area contributed by atoms with Gasteiger partial charge >= 0.3 is 18.3 Å². The fraction of sp³-hybridized carbons (Fsp3) is 0.855. The van der Waals surface area contributed by atoms with Gasteiger partial charge in [0.05, 0.1) is 0 Å². The second kappa shape index (κ2) is 44.8. The molecule has 0 aromatic rings. The Morgan fingerprint density at radius 1 is 0.415 bits per heavy atom. The number of unbranched alkanes of at least 4 members (excludes halogenated alkanes) is 14. The monoisotopic (exact) mass is 1160 g/mol. The summed E-state index contributed by atoms with van der Waals surface area (Å²) in [6.07, 6.45) is 24.2. The number of ether oxygens (including phenoxy) is 3. The molecule has 1 fully saturated rings. The number of nitrogens with one attached hydrogen (secondary N) is 8. The Morgan fingerprint density at radius 2 is 0.768 bits per heavy atom. The van der Waals surface area contributed by atoms with Crippen molar-refractivity contribution in [2.75, 3.05) is 79.0 Å². The van der Waals surface area contributed by atoms with E-state index in [-0.39, 0.29) is 31.3 Å². The summed E-state index contributed by atoms with van der Waals surface area (Å²) in [5.74, 6) is -1.13. The molecule has 1 saturated heterocycles. The summed E-state index contributed by atoms with van der Waals surface area (Å²) in [6.45, 7) is 26.5. The average molecular weight is 1160 g/mol. The second-order valence-corrected chi connectivity index (χ2v) is 25.1. The number of carbonyl (C=O) groups is 7. The highest BCUT2D eigenvalue weighted by molar-refractivity contribution is 5.88. The van der Waals surface area contributed by atoms with Gasteiger partial charge in [-0.15, -0.1) is 0 Å². The van der Waals surface area contributed by atoms with Gasteiger partial charge in [-0.05, 0) is 192 Å². The van der Waals surface area contributed by atoms with Crippen LogP contribution in [0.15, 0.2) is 12.2 Å². The van der Waals surface area contributed by atoms with Crippen molar-refractivity contribution in [1.29, 1.82) is 0 Å². The summed E-state index contributed by atoms with van der Waals surface area (Å²) in [4.78, 5) is 96.6. The van der Waals surface area contributed by atoms with E-state index in [0.29, 0.717) is 70.9 Å². The predicted molar refractivity (Wildman–Crippen MR) is 329 cm³/mol. The molecule has 3 unspecified atom stereocenters.